The summed E-state index contributed by atoms with van der Waals surface area (Å²) in [6.07, 6.45) is 1.70. The summed E-state index contributed by atoms with van der Waals surface area (Å²) in [5.41, 5.74) is 0.892. The van der Waals surface area contributed by atoms with E-state index in [4.69, 9.17) is 4.42 Å². The van der Waals surface area contributed by atoms with Gasteiger partial charge < -0.3 is 4.42 Å². The molecule has 7 heteroatoms. The summed E-state index contributed by atoms with van der Waals surface area (Å²) in [6, 6.07) is 4.31. The summed E-state index contributed by atoms with van der Waals surface area (Å²) in [5, 5.41) is 0. The van der Waals surface area contributed by atoms with Gasteiger partial charge in [0.25, 0.3) is 0 Å². The molecule has 1 aromatic heterocycles. The fourth-order valence-electron chi connectivity index (χ4n) is 2.00. The van der Waals surface area contributed by atoms with Gasteiger partial charge in [0.2, 0.25) is 10.0 Å². The third-order valence-corrected chi connectivity index (χ3v) is 4.56. The van der Waals surface area contributed by atoms with Gasteiger partial charge in [-0.3, -0.25) is 4.98 Å². The highest BCUT2D eigenvalue weighted by atomic mass is 32.2. The van der Waals surface area contributed by atoms with Crippen molar-refractivity contribution in [3.8, 4) is 0 Å². The van der Waals surface area contributed by atoms with Crippen LogP contribution in [0.2, 0.25) is 0 Å². The molecule has 1 aromatic carbocycles. The lowest BCUT2D eigenvalue weighted by molar-refractivity contribution is 0.365. The largest absolute Gasteiger partial charge is 0.417 e. The molecule has 0 unspecified atom stereocenters. The highest BCUT2D eigenvalue weighted by Gasteiger charge is 2.16. The summed E-state index contributed by atoms with van der Waals surface area (Å²) in [4.78, 5) is 13.6. The average Bonchev–Trinajstić information content (AvgIpc) is 2.72. The van der Waals surface area contributed by atoms with E-state index in [2.05, 4.69) is 30.5 Å². The molecule has 6 nitrogen and oxygen atoms in total. The number of aromatic nitrogens is 1. The highest BCUT2D eigenvalue weighted by molar-refractivity contribution is 7.89. The highest BCUT2D eigenvalue weighted by Crippen LogP contribution is 2.20. The van der Waals surface area contributed by atoms with Crippen molar-refractivity contribution in [3.63, 3.8) is 0 Å². The van der Waals surface area contributed by atoms with Gasteiger partial charge in [-0.05, 0) is 30.4 Å². The average molecular weight is 312 g/mol. The molecule has 0 amide bonds. The molecular weight excluding hydrogens is 292 g/mol. The Bertz CT molecular complexity index is 781. The summed E-state index contributed by atoms with van der Waals surface area (Å²) in [7, 11) is -3.59. The molecule has 21 heavy (non-hydrogen) atoms. The van der Waals surface area contributed by atoms with Crippen molar-refractivity contribution in [2.45, 2.75) is 38.5 Å². The van der Waals surface area contributed by atoms with Crippen LogP contribution in [-0.2, 0) is 10.0 Å². The van der Waals surface area contributed by atoms with Gasteiger partial charge in [-0.15, -0.1) is 0 Å². The Hall–Kier alpha value is -1.60. The molecular formula is C14H20N2O4S. The molecule has 0 saturated carbocycles. The molecule has 1 heterocycles. The second-order valence-electron chi connectivity index (χ2n) is 6.23. The van der Waals surface area contributed by atoms with Gasteiger partial charge in [-0.1, -0.05) is 20.8 Å². The first-order valence-electron chi connectivity index (χ1n) is 6.80. The third-order valence-electron chi connectivity index (χ3n) is 3.10. The fraction of sp³-hybridized carbons (Fsp3) is 0.500. The van der Waals surface area contributed by atoms with Crippen LogP contribution in [0.5, 0.6) is 0 Å². The molecule has 0 aliphatic carbocycles. The van der Waals surface area contributed by atoms with Crippen LogP contribution in [0, 0.1) is 5.41 Å². The molecule has 0 saturated heterocycles. The number of benzene rings is 1. The Morgan fingerprint density at radius 2 is 2.00 bits per heavy atom. The fourth-order valence-corrected chi connectivity index (χ4v) is 3.09. The zero-order chi connectivity index (χ0) is 15.7. The summed E-state index contributed by atoms with van der Waals surface area (Å²) < 4.78 is 31.8. The first-order chi connectivity index (χ1) is 9.67. The number of hydrogen-bond acceptors (Lipinski definition) is 4. The first kappa shape index (κ1) is 15.8. The van der Waals surface area contributed by atoms with E-state index < -0.39 is 15.8 Å². The monoisotopic (exact) mass is 312 g/mol. The van der Waals surface area contributed by atoms with Crippen LogP contribution in [0.1, 0.15) is 33.6 Å². The summed E-state index contributed by atoms with van der Waals surface area (Å²) in [5.74, 6) is -0.599. The molecule has 0 spiro atoms. The van der Waals surface area contributed by atoms with Crippen LogP contribution in [-0.4, -0.2) is 19.9 Å². The Morgan fingerprint density at radius 1 is 1.29 bits per heavy atom. The van der Waals surface area contributed by atoms with Crippen molar-refractivity contribution in [1.82, 2.24) is 9.71 Å². The Labute approximate surface area is 123 Å². The van der Waals surface area contributed by atoms with Gasteiger partial charge in [0.05, 0.1) is 10.4 Å². The number of oxazole rings is 1. The van der Waals surface area contributed by atoms with E-state index in [1.54, 1.807) is 0 Å². The van der Waals surface area contributed by atoms with Gasteiger partial charge >= 0.3 is 5.76 Å². The molecule has 116 valence electrons. The van der Waals surface area contributed by atoms with E-state index in [1.165, 1.54) is 18.2 Å². The van der Waals surface area contributed by atoms with E-state index in [1.807, 2.05) is 0 Å². The van der Waals surface area contributed by atoms with Crippen molar-refractivity contribution in [2.75, 3.05) is 6.54 Å². The molecule has 0 atom stereocenters. The Morgan fingerprint density at radius 3 is 2.67 bits per heavy atom. The van der Waals surface area contributed by atoms with Gasteiger partial charge in [0.15, 0.2) is 5.58 Å². The second kappa shape index (κ2) is 5.65. The van der Waals surface area contributed by atoms with Crippen LogP contribution < -0.4 is 10.5 Å². The molecule has 0 bridgehead atoms. The Kier molecular flexibility index (Phi) is 4.25. The topological polar surface area (TPSA) is 92.2 Å². The number of fused-ring (bicyclic) bond motifs is 1. The molecule has 0 fully saturated rings. The molecule has 0 aliphatic heterocycles. The van der Waals surface area contributed by atoms with E-state index in [0.29, 0.717) is 12.1 Å². The predicted octanol–water partition coefficient (Wildman–Crippen LogP) is 2.23. The summed E-state index contributed by atoms with van der Waals surface area (Å²) >= 11 is 0. The quantitative estimate of drug-likeness (QED) is 0.828. The van der Waals surface area contributed by atoms with E-state index in [0.717, 1.165) is 12.8 Å². The third kappa shape index (κ3) is 4.18. The van der Waals surface area contributed by atoms with E-state index >= 15 is 0 Å². The number of nitrogens with one attached hydrogen (secondary N) is 2. The first-order valence-corrected chi connectivity index (χ1v) is 8.28. The SMILES string of the molecule is CC(C)(C)CCCNS(=O)(=O)c1ccc2[nH]c(=O)oc2c1. The van der Waals surface area contributed by atoms with Crippen LogP contribution in [0.15, 0.2) is 32.3 Å². The molecule has 2 aromatic rings. The normalized spacial score (nSPS) is 12.9. The molecule has 0 radical (unpaired) electrons. The minimum absolute atomic E-state index is 0.0912. The van der Waals surface area contributed by atoms with Gasteiger partial charge in [-0.2, -0.15) is 0 Å². The maximum Gasteiger partial charge on any atom is 0.417 e. The maximum atomic E-state index is 12.2. The van der Waals surface area contributed by atoms with Crippen molar-refractivity contribution in [2.24, 2.45) is 5.41 Å². The lowest BCUT2D eigenvalue weighted by Gasteiger charge is -2.17. The number of sulfonamides is 1. The summed E-state index contributed by atoms with van der Waals surface area (Å²) in [6.45, 7) is 6.73. The van der Waals surface area contributed by atoms with Crippen LogP contribution in [0.3, 0.4) is 0 Å². The Balaban J connectivity index is 2.08. The smallest absolute Gasteiger partial charge is 0.408 e. The van der Waals surface area contributed by atoms with Crippen molar-refractivity contribution in [1.29, 1.82) is 0 Å². The number of rotatable bonds is 5. The van der Waals surface area contributed by atoms with Gasteiger partial charge in [0, 0.05) is 12.6 Å². The van der Waals surface area contributed by atoms with Crippen LogP contribution >= 0.6 is 0 Å². The second-order valence-corrected chi connectivity index (χ2v) is 8.00. The van der Waals surface area contributed by atoms with Crippen molar-refractivity contribution >= 4 is 21.1 Å². The van der Waals surface area contributed by atoms with Crippen molar-refractivity contribution < 1.29 is 12.8 Å². The number of aromatic amines is 1. The lowest BCUT2D eigenvalue weighted by atomic mass is 9.91. The number of hydrogen-bond donors (Lipinski definition) is 2. The molecule has 2 rings (SSSR count). The van der Waals surface area contributed by atoms with Gasteiger partial charge in [-0.25, -0.2) is 17.9 Å². The predicted molar refractivity (Wildman–Crippen MR) is 80.7 cm³/mol. The zero-order valence-corrected chi connectivity index (χ0v) is 13.2. The molecule has 0 aliphatic rings. The van der Waals surface area contributed by atoms with Gasteiger partial charge in [0.1, 0.15) is 0 Å². The van der Waals surface area contributed by atoms with Crippen LogP contribution in [0.4, 0.5) is 0 Å². The van der Waals surface area contributed by atoms with E-state index in [-0.39, 0.29) is 15.9 Å². The minimum Gasteiger partial charge on any atom is -0.408 e. The zero-order valence-electron chi connectivity index (χ0n) is 12.4. The van der Waals surface area contributed by atoms with E-state index in [9.17, 15) is 13.2 Å². The minimum atomic E-state index is -3.59. The van der Waals surface area contributed by atoms with Crippen molar-refractivity contribution in [3.05, 3.63) is 28.7 Å². The standard InChI is InChI=1S/C14H20N2O4S/c1-14(2,3)7-4-8-15-21(18,19)10-5-6-11-12(9-10)20-13(17)16-11/h5-6,9,15H,4,7-8H2,1-3H3,(H,16,17). The molecule has 2 N–H and O–H groups in total. The van der Waals surface area contributed by atoms with Crippen LogP contribution in [0.25, 0.3) is 11.1 Å². The number of H-pyrrole nitrogens is 1. The lowest BCUT2D eigenvalue weighted by Crippen LogP contribution is -2.25. The maximum absolute atomic E-state index is 12.2.